The number of carbonyl (C=O) groups is 2. The van der Waals surface area contributed by atoms with Crippen molar-refractivity contribution in [3.63, 3.8) is 0 Å². The average molecular weight is 275 g/mol. The van der Waals surface area contributed by atoms with E-state index in [2.05, 4.69) is 5.32 Å². The molecule has 7 heteroatoms. The molecule has 1 saturated carbocycles. The van der Waals surface area contributed by atoms with E-state index in [0.717, 1.165) is 0 Å². The summed E-state index contributed by atoms with van der Waals surface area (Å²) in [5, 5.41) is 11.6. The zero-order chi connectivity index (χ0) is 13.3. The van der Waals surface area contributed by atoms with Crippen LogP contribution in [0.4, 0.5) is 0 Å². The van der Waals surface area contributed by atoms with Gasteiger partial charge in [0.2, 0.25) is 5.91 Å². The van der Waals surface area contributed by atoms with Crippen molar-refractivity contribution >= 4 is 21.7 Å². The van der Waals surface area contributed by atoms with E-state index in [1.165, 1.54) is 0 Å². The maximum atomic E-state index is 11.8. The summed E-state index contributed by atoms with van der Waals surface area (Å²) in [7, 11) is -3.05. The molecule has 0 aromatic rings. The molecular weight excluding hydrogens is 258 g/mol. The van der Waals surface area contributed by atoms with Gasteiger partial charge in [-0.1, -0.05) is 0 Å². The first-order valence-corrected chi connectivity index (χ1v) is 7.93. The van der Waals surface area contributed by atoms with Crippen LogP contribution < -0.4 is 5.32 Å². The van der Waals surface area contributed by atoms with E-state index < -0.39 is 21.7 Å². The molecule has 0 aromatic carbocycles. The molecular formula is C11H17NO5S. The highest BCUT2D eigenvalue weighted by atomic mass is 32.2. The number of carboxylic acid groups (broad SMARTS) is 1. The van der Waals surface area contributed by atoms with Crippen LogP contribution in [0.2, 0.25) is 0 Å². The number of hydrogen-bond donors (Lipinski definition) is 2. The van der Waals surface area contributed by atoms with Crippen molar-refractivity contribution in [2.75, 3.05) is 11.5 Å². The minimum Gasteiger partial charge on any atom is -0.481 e. The highest BCUT2D eigenvalue weighted by molar-refractivity contribution is 7.91. The molecule has 18 heavy (non-hydrogen) atoms. The highest BCUT2D eigenvalue weighted by Gasteiger charge is 2.36. The first-order valence-electron chi connectivity index (χ1n) is 6.11. The Hall–Kier alpha value is -1.11. The molecule has 102 valence electrons. The SMILES string of the molecule is O=C(O)C1CCC(NC(=O)C2CCS(=O)(=O)C2)C1. The minimum atomic E-state index is -3.05. The molecule has 0 radical (unpaired) electrons. The van der Waals surface area contributed by atoms with Crippen LogP contribution in [0.3, 0.4) is 0 Å². The standard InChI is InChI=1S/C11H17NO5S/c13-10(8-3-4-18(16,17)6-8)12-9-2-1-7(5-9)11(14)15/h7-9H,1-6H2,(H,12,13)(H,14,15). The van der Waals surface area contributed by atoms with Gasteiger partial charge in [-0.2, -0.15) is 0 Å². The molecule has 3 atom stereocenters. The van der Waals surface area contributed by atoms with E-state index in [1.54, 1.807) is 0 Å². The molecule has 2 fully saturated rings. The number of aliphatic carboxylic acids is 1. The quantitative estimate of drug-likeness (QED) is 0.742. The van der Waals surface area contributed by atoms with E-state index in [4.69, 9.17) is 5.11 Å². The van der Waals surface area contributed by atoms with Crippen LogP contribution in [0, 0.1) is 11.8 Å². The summed E-state index contributed by atoms with van der Waals surface area (Å²) in [6.07, 6.45) is 2.05. The third kappa shape index (κ3) is 3.01. The van der Waals surface area contributed by atoms with Crippen molar-refractivity contribution < 1.29 is 23.1 Å². The monoisotopic (exact) mass is 275 g/mol. The Labute approximate surface area is 106 Å². The first kappa shape index (κ1) is 13.3. The predicted molar refractivity (Wildman–Crippen MR) is 63.7 cm³/mol. The summed E-state index contributed by atoms with van der Waals surface area (Å²) in [6.45, 7) is 0. The summed E-state index contributed by atoms with van der Waals surface area (Å²) in [5.74, 6) is -1.91. The minimum absolute atomic E-state index is 0.0755. The van der Waals surface area contributed by atoms with Gasteiger partial charge in [0, 0.05) is 6.04 Å². The lowest BCUT2D eigenvalue weighted by Crippen LogP contribution is -2.38. The molecule has 0 spiro atoms. The number of hydrogen-bond acceptors (Lipinski definition) is 4. The lowest BCUT2D eigenvalue weighted by Gasteiger charge is -2.15. The second kappa shape index (κ2) is 4.87. The van der Waals surface area contributed by atoms with E-state index in [-0.39, 0.29) is 29.4 Å². The highest BCUT2D eigenvalue weighted by Crippen LogP contribution is 2.26. The Kier molecular flexibility index (Phi) is 3.61. The van der Waals surface area contributed by atoms with Crippen molar-refractivity contribution in [1.29, 1.82) is 0 Å². The van der Waals surface area contributed by atoms with Crippen molar-refractivity contribution in [3.05, 3.63) is 0 Å². The molecule has 2 rings (SSSR count). The summed E-state index contributed by atoms with van der Waals surface area (Å²) >= 11 is 0. The summed E-state index contributed by atoms with van der Waals surface area (Å²) in [6, 6.07) is -0.123. The average Bonchev–Trinajstić information content (AvgIpc) is 2.84. The molecule has 1 aliphatic carbocycles. The number of sulfone groups is 1. The van der Waals surface area contributed by atoms with Crippen LogP contribution >= 0.6 is 0 Å². The zero-order valence-electron chi connectivity index (χ0n) is 9.96. The van der Waals surface area contributed by atoms with Crippen LogP contribution in [0.1, 0.15) is 25.7 Å². The van der Waals surface area contributed by atoms with E-state index >= 15 is 0 Å². The van der Waals surface area contributed by atoms with E-state index in [0.29, 0.717) is 25.7 Å². The van der Waals surface area contributed by atoms with Gasteiger partial charge in [0.15, 0.2) is 9.84 Å². The molecule has 1 amide bonds. The summed E-state index contributed by atoms with van der Waals surface area (Å²) in [5.41, 5.74) is 0. The topological polar surface area (TPSA) is 101 Å². The van der Waals surface area contributed by atoms with Crippen molar-refractivity contribution in [3.8, 4) is 0 Å². The molecule has 0 aromatic heterocycles. The van der Waals surface area contributed by atoms with Gasteiger partial charge in [-0.3, -0.25) is 9.59 Å². The molecule has 1 aliphatic heterocycles. The molecule has 2 N–H and O–H groups in total. The first-order chi connectivity index (χ1) is 8.37. The van der Waals surface area contributed by atoms with Crippen molar-refractivity contribution in [2.24, 2.45) is 11.8 Å². The van der Waals surface area contributed by atoms with E-state index in [9.17, 15) is 18.0 Å². The lowest BCUT2D eigenvalue weighted by molar-refractivity contribution is -0.141. The summed E-state index contributed by atoms with van der Waals surface area (Å²) < 4.78 is 22.5. The van der Waals surface area contributed by atoms with Gasteiger partial charge in [-0.25, -0.2) is 8.42 Å². The third-order valence-electron chi connectivity index (χ3n) is 3.73. The van der Waals surface area contributed by atoms with Crippen LogP contribution in [0.5, 0.6) is 0 Å². The van der Waals surface area contributed by atoms with Gasteiger partial charge in [0.1, 0.15) is 0 Å². The number of nitrogens with one attached hydrogen (secondary N) is 1. The lowest BCUT2D eigenvalue weighted by atomic mass is 10.1. The maximum Gasteiger partial charge on any atom is 0.306 e. The third-order valence-corrected chi connectivity index (χ3v) is 5.50. The van der Waals surface area contributed by atoms with Crippen molar-refractivity contribution in [1.82, 2.24) is 5.32 Å². The molecule has 6 nitrogen and oxygen atoms in total. The van der Waals surface area contributed by atoms with Gasteiger partial charge in [0.05, 0.1) is 23.3 Å². The molecule has 1 heterocycles. The fraction of sp³-hybridized carbons (Fsp3) is 0.818. The fourth-order valence-corrected chi connectivity index (χ4v) is 4.40. The smallest absolute Gasteiger partial charge is 0.306 e. The van der Waals surface area contributed by atoms with Gasteiger partial charge in [-0.15, -0.1) is 0 Å². The Morgan fingerprint density at radius 3 is 2.33 bits per heavy atom. The zero-order valence-corrected chi connectivity index (χ0v) is 10.8. The number of carboxylic acids is 1. The van der Waals surface area contributed by atoms with Crippen molar-refractivity contribution in [2.45, 2.75) is 31.7 Å². The Morgan fingerprint density at radius 2 is 1.83 bits per heavy atom. The number of carbonyl (C=O) groups excluding carboxylic acids is 1. The number of rotatable bonds is 3. The van der Waals surface area contributed by atoms with Crippen LogP contribution in [-0.2, 0) is 19.4 Å². The van der Waals surface area contributed by atoms with Gasteiger partial charge < -0.3 is 10.4 Å². The Balaban J connectivity index is 1.84. The Bertz CT molecular complexity index is 458. The van der Waals surface area contributed by atoms with E-state index in [1.807, 2.05) is 0 Å². The maximum absolute atomic E-state index is 11.8. The predicted octanol–water partition coefficient (Wildman–Crippen LogP) is -0.209. The summed E-state index contributed by atoms with van der Waals surface area (Å²) in [4.78, 5) is 22.6. The molecule has 0 bridgehead atoms. The molecule has 2 aliphatic rings. The van der Waals surface area contributed by atoms with Gasteiger partial charge in [0.25, 0.3) is 0 Å². The molecule has 3 unspecified atom stereocenters. The van der Waals surface area contributed by atoms with Crippen LogP contribution in [0.15, 0.2) is 0 Å². The fourth-order valence-electron chi connectivity index (χ4n) is 2.66. The van der Waals surface area contributed by atoms with Crippen LogP contribution in [0.25, 0.3) is 0 Å². The number of amides is 1. The largest absolute Gasteiger partial charge is 0.481 e. The van der Waals surface area contributed by atoms with Gasteiger partial charge >= 0.3 is 5.97 Å². The Morgan fingerprint density at radius 1 is 1.11 bits per heavy atom. The second-order valence-electron chi connectivity index (χ2n) is 5.15. The van der Waals surface area contributed by atoms with Gasteiger partial charge in [-0.05, 0) is 25.7 Å². The van der Waals surface area contributed by atoms with Crippen LogP contribution in [-0.4, -0.2) is 42.9 Å². The second-order valence-corrected chi connectivity index (χ2v) is 7.38. The normalized spacial score (nSPS) is 34.3. The molecule has 1 saturated heterocycles.